The zero-order valence-electron chi connectivity index (χ0n) is 16.5. The second-order valence-corrected chi connectivity index (χ2v) is 6.57. The number of amides is 1. The van der Waals surface area contributed by atoms with Crippen molar-refractivity contribution in [2.24, 2.45) is 0 Å². The lowest BCUT2D eigenvalue weighted by Crippen LogP contribution is -2.24. The van der Waals surface area contributed by atoms with E-state index in [9.17, 15) is 4.79 Å². The van der Waals surface area contributed by atoms with Crippen molar-refractivity contribution in [2.45, 2.75) is 39.3 Å². The Morgan fingerprint density at radius 1 is 1.11 bits per heavy atom. The van der Waals surface area contributed by atoms with Gasteiger partial charge in [-0.25, -0.2) is 4.98 Å². The number of aromatic nitrogens is 2. The number of ether oxygens (including phenoxy) is 2. The van der Waals surface area contributed by atoms with Crippen molar-refractivity contribution in [1.82, 2.24) is 14.9 Å². The van der Waals surface area contributed by atoms with E-state index in [-0.39, 0.29) is 5.91 Å². The van der Waals surface area contributed by atoms with Crippen LogP contribution in [0.4, 0.5) is 0 Å². The fourth-order valence-electron chi connectivity index (χ4n) is 3.09. The van der Waals surface area contributed by atoms with Gasteiger partial charge in [0.2, 0.25) is 5.91 Å². The van der Waals surface area contributed by atoms with Gasteiger partial charge in [0, 0.05) is 13.0 Å². The predicted molar refractivity (Wildman–Crippen MR) is 110 cm³/mol. The summed E-state index contributed by atoms with van der Waals surface area (Å²) in [5.74, 6) is 2.56. The molecule has 0 spiro atoms. The summed E-state index contributed by atoms with van der Waals surface area (Å²) in [6, 6.07) is 15.6. The van der Waals surface area contributed by atoms with Crippen molar-refractivity contribution < 1.29 is 14.3 Å². The molecule has 3 rings (SSSR count). The Hall–Kier alpha value is -3.02. The average Bonchev–Trinajstić information content (AvgIpc) is 3.08. The minimum Gasteiger partial charge on any atom is -0.497 e. The number of carbonyl (C=O) groups is 1. The minimum absolute atomic E-state index is 0.0592. The van der Waals surface area contributed by atoms with E-state index in [0.29, 0.717) is 19.6 Å². The molecule has 0 aliphatic heterocycles. The van der Waals surface area contributed by atoms with Crippen LogP contribution in [0, 0.1) is 0 Å². The first-order valence-corrected chi connectivity index (χ1v) is 9.69. The number of hydrogen-bond donors (Lipinski definition) is 1. The highest BCUT2D eigenvalue weighted by molar-refractivity contribution is 5.77. The molecule has 3 aromatic rings. The van der Waals surface area contributed by atoms with E-state index < -0.39 is 0 Å². The van der Waals surface area contributed by atoms with Gasteiger partial charge in [0.1, 0.15) is 17.3 Å². The molecule has 1 aromatic heterocycles. The maximum Gasteiger partial charge on any atom is 0.220 e. The molecule has 0 aliphatic rings. The van der Waals surface area contributed by atoms with Crippen molar-refractivity contribution in [2.75, 3.05) is 13.7 Å². The zero-order valence-corrected chi connectivity index (χ0v) is 16.5. The number of imidazole rings is 1. The number of fused-ring (bicyclic) bond motifs is 1. The number of methoxy groups -OCH3 is 1. The van der Waals surface area contributed by atoms with Crippen LogP contribution in [0.1, 0.15) is 32.0 Å². The third-order valence-electron chi connectivity index (χ3n) is 4.51. The maximum absolute atomic E-state index is 11.8. The Labute approximate surface area is 165 Å². The number of rotatable bonds is 10. The third kappa shape index (κ3) is 5.03. The summed E-state index contributed by atoms with van der Waals surface area (Å²) in [6.07, 6.45) is 2.21. The van der Waals surface area contributed by atoms with E-state index in [4.69, 9.17) is 14.5 Å². The summed E-state index contributed by atoms with van der Waals surface area (Å²) in [7, 11) is 1.65. The fraction of sp³-hybridized carbons (Fsp3) is 0.364. The highest BCUT2D eigenvalue weighted by Gasteiger charge is 2.11. The molecule has 6 heteroatoms. The molecule has 0 saturated carbocycles. The standard InChI is InChI=1S/C22H27N3O3/c1-3-7-22(26)23-16-21-24-19-8-4-5-9-20(19)25(21)14-6-15-28-18-12-10-17(27-2)11-13-18/h4-5,8-13H,3,6-7,14-16H2,1-2H3,(H,23,26). The van der Waals surface area contributed by atoms with Crippen LogP contribution in [0.15, 0.2) is 48.5 Å². The normalized spacial score (nSPS) is 10.8. The molecule has 0 radical (unpaired) electrons. The quantitative estimate of drug-likeness (QED) is 0.541. The Morgan fingerprint density at radius 2 is 1.86 bits per heavy atom. The molecule has 0 unspecified atom stereocenters. The SMILES string of the molecule is CCCC(=O)NCc1nc2ccccc2n1CCCOc1ccc(OC)cc1. The van der Waals surface area contributed by atoms with Crippen LogP contribution in [0.3, 0.4) is 0 Å². The molecular formula is C22H27N3O3. The van der Waals surface area contributed by atoms with Gasteiger partial charge in [-0.1, -0.05) is 19.1 Å². The smallest absolute Gasteiger partial charge is 0.220 e. The van der Waals surface area contributed by atoms with Gasteiger partial charge in [-0.3, -0.25) is 4.79 Å². The lowest BCUT2D eigenvalue weighted by molar-refractivity contribution is -0.121. The molecule has 0 fully saturated rings. The Kier molecular flexibility index (Phi) is 6.89. The van der Waals surface area contributed by atoms with Gasteiger partial charge in [0.05, 0.1) is 31.3 Å². The van der Waals surface area contributed by atoms with Gasteiger partial charge in [-0.2, -0.15) is 0 Å². The van der Waals surface area contributed by atoms with Crippen molar-refractivity contribution >= 4 is 16.9 Å². The molecule has 0 atom stereocenters. The first-order valence-electron chi connectivity index (χ1n) is 9.69. The van der Waals surface area contributed by atoms with Gasteiger partial charge in [-0.05, 0) is 49.2 Å². The molecule has 148 valence electrons. The van der Waals surface area contributed by atoms with E-state index in [1.807, 2.05) is 49.4 Å². The molecule has 1 N–H and O–H groups in total. The highest BCUT2D eigenvalue weighted by Crippen LogP contribution is 2.19. The Morgan fingerprint density at radius 3 is 2.61 bits per heavy atom. The first-order chi connectivity index (χ1) is 13.7. The Balaban J connectivity index is 1.61. The van der Waals surface area contributed by atoms with E-state index in [1.54, 1.807) is 7.11 Å². The summed E-state index contributed by atoms with van der Waals surface area (Å²) >= 11 is 0. The van der Waals surface area contributed by atoms with Crippen LogP contribution in [-0.2, 0) is 17.9 Å². The summed E-state index contributed by atoms with van der Waals surface area (Å²) in [5.41, 5.74) is 2.02. The van der Waals surface area contributed by atoms with Crippen LogP contribution >= 0.6 is 0 Å². The van der Waals surface area contributed by atoms with Crippen LogP contribution in [0.25, 0.3) is 11.0 Å². The first kappa shape index (κ1) is 19.7. The zero-order chi connectivity index (χ0) is 19.8. The highest BCUT2D eigenvalue weighted by atomic mass is 16.5. The number of nitrogens with zero attached hydrogens (tertiary/aromatic N) is 2. The molecule has 6 nitrogen and oxygen atoms in total. The van der Waals surface area contributed by atoms with Crippen molar-refractivity contribution in [3.63, 3.8) is 0 Å². The van der Waals surface area contributed by atoms with E-state index in [1.165, 1.54) is 0 Å². The molecule has 1 amide bonds. The van der Waals surface area contributed by atoms with E-state index in [2.05, 4.69) is 16.0 Å². The van der Waals surface area contributed by atoms with Crippen molar-refractivity contribution in [3.05, 3.63) is 54.4 Å². The lowest BCUT2D eigenvalue weighted by Gasteiger charge is -2.11. The van der Waals surface area contributed by atoms with Crippen molar-refractivity contribution in [1.29, 1.82) is 0 Å². The number of benzene rings is 2. The van der Waals surface area contributed by atoms with Crippen LogP contribution < -0.4 is 14.8 Å². The molecule has 28 heavy (non-hydrogen) atoms. The number of carbonyl (C=O) groups excluding carboxylic acids is 1. The van der Waals surface area contributed by atoms with Gasteiger partial charge in [0.15, 0.2) is 0 Å². The molecule has 1 heterocycles. The van der Waals surface area contributed by atoms with Gasteiger partial charge in [0.25, 0.3) is 0 Å². The number of aryl methyl sites for hydroxylation is 1. The van der Waals surface area contributed by atoms with Crippen LogP contribution in [0.5, 0.6) is 11.5 Å². The molecule has 2 aromatic carbocycles. The van der Waals surface area contributed by atoms with Gasteiger partial charge in [-0.15, -0.1) is 0 Å². The number of nitrogens with one attached hydrogen (secondary N) is 1. The van der Waals surface area contributed by atoms with E-state index >= 15 is 0 Å². The van der Waals surface area contributed by atoms with Crippen LogP contribution in [0.2, 0.25) is 0 Å². The average molecular weight is 381 g/mol. The summed E-state index contributed by atoms with van der Waals surface area (Å²) < 4.78 is 13.1. The van der Waals surface area contributed by atoms with Crippen molar-refractivity contribution in [3.8, 4) is 11.5 Å². The minimum atomic E-state index is 0.0592. The second-order valence-electron chi connectivity index (χ2n) is 6.57. The van der Waals surface area contributed by atoms with E-state index in [0.717, 1.165) is 47.7 Å². The summed E-state index contributed by atoms with van der Waals surface area (Å²) in [6.45, 7) is 3.81. The topological polar surface area (TPSA) is 65.4 Å². The second kappa shape index (κ2) is 9.78. The van der Waals surface area contributed by atoms with Crippen LogP contribution in [-0.4, -0.2) is 29.2 Å². The fourth-order valence-corrected chi connectivity index (χ4v) is 3.09. The Bertz CT molecular complexity index is 903. The molecule has 0 aliphatic carbocycles. The molecular weight excluding hydrogens is 354 g/mol. The summed E-state index contributed by atoms with van der Waals surface area (Å²) in [4.78, 5) is 16.5. The summed E-state index contributed by atoms with van der Waals surface area (Å²) in [5, 5.41) is 2.96. The largest absolute Gasteiger partial charge is 0.497 e. The third-order valence-corrected chi connectivity index (χ3v) is 4.51. The predicted octanol–water partition coefficient (Wildman–Crippen LogP) is 3.93. The number of para-hydroxylation sites is 2. The van der Waals surface area contributed by atoms with Gasteiger partial charge >= 0.3 is 0 Å². The lowest BCUT2D eigenvalue weighted by atomic mass is 10.3. The maximum atomic E-state index is 11.8. The van der Waals surface area contributed by atoms with Gasteiger partial charge < -0.3 is 19.4 Å². The monoisotopic (exact) mass is 381 g/mol. The molecule has 0 bridgehead atoms. The number of hydrogen-bond acceptors (Lipinski definition) is 4. The molecule has 0 saturated heterocycles.